The Labute approximate surface area is 153 Å². The first kappa shape index (κ1) is 18.3. The highest BCUT2D eigenvalue weighted by Gasteiger charge is 2.47. The van der Waals surface area contributed by atoms with E-state index in [-0.39, 0.29) is 23.9 Å². The summed E-state index contributed by atoms with van der Waals surface area (Å²) in [7, 11) is 1.77. The van der Waals surface area contributed by atoms with Crippen LogP contribution in [0, 0.1) is 5.41 Å². The van der Waals surface area contributed by atoms with Gasteiger partial charge < -0.3 is 24.4 Å². The fourth-order valence-electron chi connectivity index (χ4n) is 3.83. The van der Waals surface area contributed by atoms with Crippen LogP contribution in [-0.2, 0) is 4.79 Å². The highest BCUT2D eigenvalue weighted by Crippen LogP contribution is 2.34. The molecule has 0 bridgehead atoms. The zero-order valence-corrected chi connectivity index (χ0v) is 15.5. The number of nitrogens with one attached hydrogen (secondary N) is 1. The first-order valence-corrected chi connectivity index (χ1v) is 8.90. The Kier molecular flexibility index (Phi) is 4.93. The number of hydrogen-bond acceptors (Lipinski definition) is 4. The molecule has 0 unspecified atom stereocenters. The second kappa shape index (κ2) is 7.01. The van der Waals surface area contributed by atoms with Crippen molar-refractivity contribution in [3.63, 3.8) is 0 Å². The highest BCUT2D eigenvalue weighted by atomic mass is 16.3. The summed E-state index contributed by atoms with van der Waals surface area (Å²) in [6.07, 6.45) is 3.23. The van der Waals surface area contributed by atoms with Crippen LogP contribution in [0.5, 0.6) is 0 Å². The zero-order valence-electron chi connectivity index (χ0n) is 15.5. The molecule has 0 aliphatic carbocycles. The van der Waals surface area contributed by atoms with Gasteiger partial charge in [0.2, 0.25) is 5.91 Å². The molecule has 1 aromatic heterocycles. The van der Waals surface area contributed by atoms with Gasteiger partial charge in [-0.2, -0.15) is 0 Å². The van der Waals surface area contributed by atoms with Crippen molar-refractivity contribution in [2.45, 2.75) is 26.3 Å². The summed E-state index contributed by atoms with van der Waals surface area (Å²) in [5.41, 5.74) is 0.0358. The molecule has 2 aliphatic heterocycles. The molecule has 142 valence electrons. The maximum Gasteiger partial charge on any atom is 0.317 e. The van der Waals surface area contributed by atoms with Crippen LogP contribution in [0.15, 0.2) is 23.0 Å². The molecular weight excluding hydrogens is 336 g/mol. The van der Waals surface area contributed by atoms with Crippen LogP contribution in [0.25, 0.3) is 0 Å². The third-order valence-electron chi connectivity index (χ3n) is 4.97. The van der Waals surface area contributed by atoms with Gasteiger partial charge >= 0.3 is 6.03 Å². The number of urea groups is 1. The van der Waals surface area contributed by atoms with Crippen molar-refractivity contribution >= 4 is 17.8 Å². The molecule has 8 nitrogen and oxygen atoms in total. The average molecular weight is 362 g/mol. The first-order chi connectivity index (χ1) is 12.3. The molecule has 2 aliphatic rings. The average Bonchev–Trinajstić information content (AvgIpc) is 3.13. The number of carbonyl (C=O) groups excluding carboxylic acids is 3. The minimum Gasteiger partial charge on any atom is -0.472 e. The van der Waals surface area contributed by atoms with Crippen LogP contribution in [0.3, 0.4) is 0 Å². The lowest BCUT2D eigenvalue weighted by Gasteiger charge is -2.33. The molecule has 3 heterocycles. The molecule has 1 atom stereocenters. The van der Waals surface area contributed by atoms with Gasteiger partial charge in [0.25, 0.3) is 5.91 Å². The Hall–Kier alpha value is -2.51. The third-order valence-corrected chi connectivity index (χ3v) is 4.97. The lowest BCUT2D eigenvalue weighted by atomic mass is 9.86. The summed E-state index contributed by atoms with van der Waals surface area (Å²) in [5, 5.41) is 2.91. The van der Waals surface area contributed by atoms with Crippen molar-refractivity contribution in [2.24, 2.45) is 5.41 Å². The molecule has 3 rings (SSSR count). The maximum absolute atomic E-state index is 12.8. The van der Waals surface area contributed by atoms with Crippen molar-refractivity contribution < 1.29 is 18.8 Å². The zero-order chi connectivity index (χ0) is 18.9. The number of amides is 4. The monoisotopic (exact) mass is 362 g/mol. The Morgan fingerprint density at radius 2 is 1.88 bits per heavy atom. The fourth-order valence-corrected chi connectivity index (χ4v) is 3.83. The molecule has 0 aromatic carbocycles. The minimum atomic E-state index is -0.448. The quantitative estimate of drug-likeness (QED) is 0.851. The van der Waals surface area contributed by atoms with E-state index >= 15 is 0 Å². The largest absolute Gasteiger partial charge is 0.472 e. The van der Waals surface area contributed by atoms with Gasteiger partial charge in [-0.15, -0.1) is 0 Å². The van der Waals surface area contributed by atoms with Crippen molar-refractivity contribution in [1.29, 1.82) is 0 Å². The maximum atomic E-state index is 12.8. The number of nitrogens with zero attached hydrogens (tertiary/aromatic N) is 3. The molecule has 0 radical (unpaired) electrons. The summed E-state index contributed by atoms with van der Waals surface area (Å²) in [6.45, 7) is 6.11. The van der Waals surface area contributed by atoms with Crippen molar-refractivity contribution in [3.05, 3.63) is 24.2 Å². The van der Waals surface area contributed by atoms with Crippen LogP contribution >= 0.6 is 0 Å². The molecule has 1 aromatic rings. The van der Waals surface area contributed by atoms with Crippen LogP contribution in [0.2, 0.25) is 0 Å². The van der Waals surface area contributed by atoms with Crippen molar-refractivity contribution in [2.75, 3.05) is 39.8 Å². The van der Waals surface area contributed by atoms with Crippen LogP contribution < -0.4 is 5.32 Å². The Morgan fingerprint density at radius 1 is 1.19 bits per heavy atom. The van der Waals surface area contributed by atoms with E-state index in [2.05, 4.69) is 5.32 Å². The molecule has 2 saturated heterocycles. The van der Waals surface area contributed by atoms with Gasteiger partial charge in [-0.25, -0.2) is 4.79 Å². The summed E-state index contributed by atoms with van der Waals surface area (Å²) in [4.78, 5) is 42.7. The molecule has 4 amide bonds. The SMILES string of the molecule is CC(C)NC(=O)N1CCN(C(=O)c2ccoc2)C[C@]2(CC(=O)N(C)C2)C1. The molecule has 2 fully saturated rings. The molecule has 1 N–H and O–H groups in total. The second-order valence-corrected chi connectivity index (χ2v) is 7.69. The van der Waals surface area contributed by atoms with E-state index in [0.29, 0.717) is 44.7 Å². The third kappa shape index (κ3) is 3.68. The topological polar surface area (TPSA) is 86.1 Å². The van der Waals surface area contributed by atoms with Gasteiger partial charge in [-0.3, -0.25) is 9.59 Å². The van der Waals surface area contributed by atoms with Crippen molar-refractivity contribution in [1.82, 2.24) is 20.0 Å². The molecule has 8 heteroatoms. The normalized spacial score (nSPS) is 23.7. The van der Waals surface area contributed by atoms with Crippen LogP contribution in [0.1, 0.15) is 30.6 Å². The number of rotatable bonds is 2. The number of furan rings is 1. The predicted octanol–water partition coefficient (Wildman–Crippen LogP) is 1.00. The lowest BCUT2D eigenvalue weighted by molar-refractivity contribution is -0.126. The molecule has 26 heavy (non-hydrogen) atoms. The van der Waals surface area contributed by atoms with E-state index in [1.54, 1.807) is 27.8 Å². The number of likely N-dealkylation sites (tertiary alicyclic amines) is 1. The first-order valence-electron chi connectivity index (χ1n) is 8.90. The Bertz CT molecular complexity index is 687. The van der Waals surface area contributed by atoms with E-state index in [1.807, 2.05) is 13.8 Å². The summed E-state index contributed by atoms with van der Waals surface area (Å²) in [5.74, 6) is -0.0851. The number of hydrogen-bond donors (Lipinski definition) is 1. The summed E-state index contributed by atoms with van der Waals surface area (Å²) >= 11 is 0. The minimum absolute atomic E-state index is 0.0262. The Morgan fingerprint density at radius 3 is 2.46 bits per heavy atom. The van der Waals surface area contributed by atoms with E-state index in [4.69, 9.17) is 4.42 Å². The van der Waals surface area contributed by atoms with Gasteiger partial charge in [0.15, 0.2) is 0 Å². The summed E-state index contributed by atoms with van der Waals surface area (Å²) in [6, 6.07) is 1.51. The van der Waals surface area contributed by atoms with E-state index < -0.39 is 5.41 Å². The van der Waals surface area contributed by atoms with E-state index in [1.165, 1.54) is 12.5 Å². The molecular formula is C18H26N4O4. The second-order valence-electron chi connectivity index (χ2n) is 7.69. The van der Waals surface area contributed by atoms with Gasteiger partial charge in [0, 0.05) is 57.6 Å². The van der Waals surface area contributed by atoms with Gasteiger partial charge in [-0.1, -0.05) is 0 Å². The highest BCUT2D eigenvalue weighted by molar-refractivity contribution is 5.94. The molecule has 0 saturated carbocycles. The van der Waals surface area contributed by atoms with E-state index in [0.717, 1.165) is 0 Å². The van der Waals surface area contributed by atoms with E-state index in [9.17, 15) is 14.4 Å². The van der Waals surface area contributed by atoms with Gasteiger partial charge in [0.05, 0.1) is 11.8 Å². The van der Waals surface area contributed by atoms with Crippen LogP contribution in [0.4, 0.5) is 4.79 Å². The molecule has 1 spiro atoms. The standard InChI is InChI=1S/C18H26N4O4/c1-13(2)19-17(25)22-6-5-21(16(24)14-4-7-26-9-14)11-18(12-22)8-15(23)20(3)10-18/h4,7,9,13H,5-6,8,10-12H2,1-3H3,(H,19,25)/t18-/m1/s1. The summed E-state index contributed by atoms with van der Waals surface area (Å²) < 4.78 is 5.03. The van der Waals surface area contributed by atoms with Gasteiger partial charge in [-0.05, 0) is 19.9 Å². The smallest absolute Gasteiger partial charge is 0.317 e. The predicted molar refractivity (Wildman–Crippen MR) is 94.5 cm³/mol. The van der Waals surface area contributed by atoms with Crippen LogP contribution in [-0.4, -0.2) is 78.4 Å². The number of carbonyl (C=O) groups is 3. The fraction of sp³-hybridized carbons (Fsp3) is 0.611. The lowest BCUT2D eigenvalue weighted by Crippen LogP contribution is -2.49. The Balaban J connectivity index is 1.84. The van der Waals surface area contributed by atoms with Crippen molar-refractivity contribution in [3.8, 4) is 0 Å². The van der Waals surface area contributed by atoms with Gasteiger partial charge in [0.1, 0.15) is 6.26 Å².